The van der Waals surface area contributed by atoms with Crippen LogP contribution in [0.1, 0.15) is 46.2 Å². The summed E-state index contributed by atoms with van der Waals surface area (Å²) >= 11 is 0. The summed E-state index contributed by atoms with van der Waals surface area (Å²) in [6.07, 6.45) is 0.0525. The highest BCUT2D eigenvalue weighted by Gasteiger charge is 2.32. The van der Waals surface area contributed by atoms with Crippen molar-refractivity contribution in [2.45, 2.75) is 52.3 Å². The largest absolute Gasteiger partial charge is 0.508 e. The van der Waals surface area contributed by atoms with Crippen LogP contribution in [0, 0.1) is 0 Å². The van der Waals surface area contributed by atoms with E-state index in [4.69, 9.17) is 4.74 Å². The summed E-state index contributed by atoms with van der Waals surface area (Å²) < 4.78 is 5.35. The summed E-state index contributed by atoms with van der Waals surface area (Å²) in [7, 11) is 0. The highest BCUT2D eigenvalue weighted by Crippen LogP contribution is 2.29. The Bertz CT molecular complexity index is 505. The highest BCUT2D eigenvalue weighted by molar-refractivity contribution is 5.76. The third kappa shape index (κ3) is 4.48. The van der Waals surface area contributed by atoms with Crippen molar-refractivity contribution in [1.29, 1.82) is 0 Å². The molecule has 1 atom stereocenters. The van der Waals surface area contributed by atoms with Crippen molar-refractivity contribution < 1.29 is 19.4 Å². The van der Waals surface area contributed by atoms with Gasteiger partial charge in [0, 0.05) is 11.6 Å². The molecule has 1 N–H and O–H groups in total. The molecule has 1 aromatic carbocycles. The van der Waals surface area contributed by atoms with Crippen molar-refractivity contribution in [2.75, 3.05) is 0 Å². The minimum absolute atomic E-state index is 0.0243. The zero-order valence-electron chi connectivity index (χ0n) is 13.2. The van der Waals surface area contributed by atoms with E-state index in [-0.39, 0.29) is 11.8 Å². The van der Waals surface area contributed by atoms with Gasteiger partial charge in [0.1, 0.15) is 23.7 Å². The first-order valence-corrected chi connectivity index (χ1v) is 6.92. The molecule has 116 valence electrons. The molecule has 0 aromatic heterocycles. The molecule has 0 spiro atoms. The maximum Gasteiger partial charge on any atom is 0.411 e. The molecule has 0 fully saturated rings. The Morgan fingerprint density at radius 1 is 1.29 bits per heavy atom. The standard InChI is InChI=1S/C16H23NO4/c1-11(2)17(15(20)21-16(3,4)5)13(10-18)12-8-6-7-9-14(12)19/h6-11,13,19H,1-5H3. The summed E-state index contributed by atoms with van der Waals surface area (Å²) in [6, 6.07) is 5.33. The van der Waals surface area contributed by atoms with E-state index in [2.05, 4.69) is 0 Å². The first-order valence-electron chi connectivity index (χ1n) is 6.92. The third-order valence-corrected chi connectivity index (χ3v) is 2.84. The Balaban J connectivity index is 3.16. The Morgan fingerprint density at radius 3 is 2.29 bits per heavy atom. The first-order chi connectivity index (χ1) is 9.67. The number of aldehydes is 1. The van der Waals surface area contributed by atoms with Crippen LogP contribution in [0.2, 0.25) is 0 Å². The van der Waals surface area contributed by atoms with Gasteiger partial charge in [-0.1, -0.05) is 18.2 Å². The number of amides is 1. The second kappa shape index (κ2) is 6.61. The van der Waals surface area contributed by atoms with Gasteiger partial charge in [-0.3, -0.25) is 4.90 Å². The number of hydrogen-bond donors (Lipinski definition) is 1. The topological polar surface area (TPSA) is 66.8 Å². The molecule has 5 heteroatoms. The van der Waals surface area contributed by atoms with Gasteiger partial charge in [-0.05, 0) is 40.7 Å². The lowest BCUT2D eigenvalue weighted by atomic mass is 10.0. The Hall–Kier alpha value is -2.04. The minimum atomic E-state index is -0.888. The molecule has 0 bridgehead atoms. The fourth-order valence-electron chi connectivity index (χ4n) is 1.99. The molecule has 0 heterocycles. The smallest absolute Gasteiger partial charge is 0.411 e. The van der Waals surface area contributed by atoms with Crippen LogP contribution in [0.5, 0.6) is 5.75 Å². The number of para-hydroxylation sites is 1. The van der Waals surface area contributed by atoms with E-state index in [0.717, 1.165) is 0 Å². The van der Waals surface area contributed by atoms with Gasteiger partial charge in [0.05, 0.1) is 0 Å². The molecular formula is C16H23NO4. The Labute approximate surface area is 125 Å². The number of carbonyl (C=O) groups excluding carboxylic acids is 2. The first kappa shape index (κ1) is 17.0. The van der Waals surface area contributed by atoms with Gasteiger partial charge in [-0.15, -0.1) is 0 Å². The van der Waals surface area contributed by atoms with Gasteiger partial charge < -0.3 is 14.6 Å². The lowest BCUT2D eigenvalue weighted by molar-refractivity contribution is -0.113. The number of rotatable bonds is 4. The van der Waals surface area contributed by atoms with Gasteiger partial charge in [-0.2, -0.15) is 0 Å². The quantitative estimate of drug-likeness (QED) is 0.865. The van der Waals surface area contributed by atoms with Gasteiger partial charge in [-0.25, -0.2) is 4.79 Å². The van der Waals surface area contributed by atoms with Crippen LogP contribution in [-0.4, -0.2) is 34.0 Å². The Morgan fingerprint density at radius 2 is 1.86 bits per heavy atom. The molecule has 0 aliphatic heterocycles. The molecule has 1 unspecified atom stereocenters. The van der Waals surface area contributed by atoms with Gasteiger partial charge in [0.15, 0.2) is 0 Å². The number of nitrogens with zero attached hydrogens (tertiary/aromatic N) is 1. The zero-order valence-corrected chi connectivity index (χ0v) is 13.2. The average Bonchev–Trinajstić information content (AvgIpc) is 2.34. The van der Waals surface area contributed by atoms with Crippen LogP contribution >= 0.6 is 0 Å². The van der Waals surface area contributed by atoms with Crippen molar-refractivity contribution >= 4 is 12.4 Å². The SMILES string of the molecule is CC(C)N(C(=O)OC(C)(C)C)C(C=O)c1ccccc1O. The van der Waals surface area contributed by atoms with E-state index in [9.17, 15) is 14.7 Å². The van der Waals surface area contributed by atoms with Crippen molar-refractivity contribution in [2.24, 2.45) is 0 Å². The van der Waals surface area contributed by atoms with E-state index in [1.54, 1.807) is 52.8 Å². The van der Waals surface area contributed by atoms with E-state index in [0.29, 0.717) is 11.8 Å². The monoisotopic (exact) mass is 293 g/mol. The maximum absolute atomic E-state index is 12.3. The van der Waals surface area contributed by atoms with Crippen LogP contribution < -0.4 is 0 Å². The van der Waals surface area contributed by atoms with Crippen molar-refractivity contribution in [1.82, 2.24) is 4.90 Å². The van der Waals surface area contributed by atoms with Crippen molar-refractivity contribution in [3.63, 3.8) is 0 Å². The predicted octanol–water partition coefficient (Wildman–Crippen LogP) is 3.28. The molecule has 1 rings (SSSR count). The molecule has 0 saturated heterocycles. The summed E-state index contributed by atoms with van der Waals surface area (Å²) in [5.74, 6) is -0.0243. The predicted molar refractivity (Wildman–Crippen MR) is 80.1 cm³/mol. The summed E-state index contributed by atoms with van der Waals surface area (Å²) in [5.41, 5.74) is -0.275. The number of phenolic OH excluding ortho intramolecular Hbond substituents is 1. The molecule has 5 nitrogen and oxygen atoms in total. The number of ether oxygens (including phenoxy) is 1. The fraction of sp³-hybridized carbons (Fsp3) is 0.500. The molecule has 0 saturated carbocycles. The number of carbonyl (C=O) groups is 2. The molecule has 0 aliphatic rings. The number of benzene rings is 1. The van der Waals surface area contributed by atoms with Crippen LogP contribution in [0.25, 0.3) is 0 Å². The highest BCUT2D eigenvalue weighted by atomic mass is 16.6. The van der Waals surface area contributed by atoms with Crippen LogP contribution in [0.15, 0.2) is 24.3 Å². The zero-order chi connectivity index (χ0) is 16.2. The molecule has 0 radical (unpaired) electrons. The molecule has 1 aromatic rings. The van der Waals surface area contributed by atoms with Gasteiger partial charge in [0.2, 0.25) is 0 Å². The number of aromatic hydroxyl groups is 1. The van der Waals surface area contributed by atoms with Crippen molar-refractivity contribution in [3.8, 4) is 5.75 Å². The second-order valence-electron chi connectivity index (χ2n) is 6.12. The molecule has 1 amide bonds. The Kier molecular flexibility index (Phi) is 5.35. The van der Waals surface area contributed by atoms with Gasteiger partial charge in [0.25, 0.3) is 0 Å². The van der Waals surface area contributed by atoms with E-state index in [1.165, 1.54) is 11.0 Å². The molecule has 21 heavy (non-hydrogen) atoms. The fourth-order valence-corrected chi connectivity index (χ4v) is 1.99. The van der Waals surface area contributed by atoms with E-state index < -0.39 is 17.7 Å². The lowest BCUT2D eigenvalue weighted by Gasteiger charge is -2.34. The lowest BCUT2D eigenvalue weighted by Crippen LogP contribution is -2.43. The van der Waals surface area contributed by atoms with Crippen molar-refractivity contribution in [3.05, 3.63) is 29.8 Å². The summed E-state index contributed by atoms with van der Waals surface area (Å²) in [6.45, 7) is 8.87. The van der Waals surface area contributed by atoms with Gasteiger partial charge >= 0.3 is 6.09 Å². The average molecular weight is 293 g/mol. The third-order valence-electron chi connectivity index (χ3n) is 2.84. The van der Waals surface area contributed by atoms with E-state index in [1.807, 2.05) is 0 Å². The van der Waals surface area contributed by atoms with E-state index >= 15 is 0 Å². The normalized spacial score (nSPS) is 12.9. The second-order valence-corrected chi connectivity index (χ2v) is 6.12. The van der Waals surface area contributed by atoms with Crippen LogP contribution in [0.4, 0.5) is 4.79 Å². The number of phenols is 1. The molecular weight excluding hydrogens is 270 g/mol. The summed E-state index contributed by atoms with van der Waals surface area (Å²) in [5, 5.41) is 9.92. The van der Waals surface area contributed by atoms with Crippen LogP contribution in [0.3, 0.4) is 0 Å². The molecule has 0 aliphatic carbocycles. The number of hydrogen-bond acceptors (Lipinski definition) is 4. The van der Waals surface area contributed by atoms with Crippen LogP contribution in [-0.2, 0) is 9.53 Å². The maximum atomic E-state index is 12.3. The minimum Gasteiger partial charge on any atom is -0.508 e. The summed E-state index contributed by atoms with van der Waals surface area (Å²) in [4.78, 5) is 25.2.